The van der Waals surface area contributed by atoms with Crippen molar-refractivity contribution in [1.82, 2.24) is 14.9 Å². The van der Waals surface area contributed by atoms with Gasteiger partial charge in [0, 0.05) is 16.7 Å². The molecule has 5 heteroatoms. The Morgan fingerprint density at radius 1 is 0.969 bits per heavy atom. The maximum Gasteiger partial charge on any atom is 0.270 e. The van der Waals surface area contributed by atoms with E-state index in [2.05, 4.69) is 69.6 Å². The van der Waals surface area contributed by atoms with Crippen LogP contribution in [0.2, 0.25) is 0 Å². The molecule has 0 radical (unpaired) electrons. The van der Waals surface area contributed by atoms with Crippen molar-refractivity contribution in [2.75, 3.05) is 0 Å². The van der Waals surface area contributed by atoms with E-state index in [1.807, 2.05) is 41.0 Å². The molecule has 3 aromatic carbocycles. The zero-order chi connectivity index (χ0) is 22.3. The van der Waals surface area contributed by atoms with Gasteiger partial charge in [-0.2, -0.15) is 0 Å². The summed E-state index contributed by atoms with van der Waals surface area (Å²) in [6.45, 7) is 2.66. The molecule has 0 saturated heterocycles. The number of imidazole rings is 1. The van der Waals surface area contributed by atoms with E-state index in [-0.39, 0.29) is 5.91 Å². The maximum atomic E-state index is 12.8. The molecule has 1 aromatic heterocycles. The number of aromatic nitrogens is 2. The van der Waals surface area contributed by atoms with E-state index >= 15 is 0 Å². The standard InChI is InChI=1S/C27H26BrN3O/c1-2-3-6-20-9-11-21(12-10-20)22-13-15-24(16-14-22)31-19-29-18-26(31)27(32)30-17-23-7-4-5-8-25(23)28/h4-5,7-16,18-19H,2-3,6,17H2,1H3,(H,30,32). The number of rotatable bonds is 8. The van der Waals surface area contributed by atoms with E-state index in [1.54, 1.807) is 12.5 Å². The van der Waals surface area contributed by atoms with Crippen molar-refractivity contribution in [1.29, 1.82) is 0 Å². The number of halogens is 1. The minimum absolute atomic E-state index is 0.162. The molecule has 1 N–H and O–H groups in total. The fourth-order valence-corrected chi connectivity index (χ4v) is 4.06. The van der Waals surface area contributed by atoms with Gasteiger partial charge < -0.3 is 5.32 Å². The van der Waals surface area contributed by atoms with Crippen molar-refractivity contribution in [3.05, 3.63) is 107 Å². The molecule has 0 unspecified atom stereocenters. The van der Waals surface area contributed by atoms with E-state index in [4.69, 9.17) is 0 Å². The molecule has 0 bridgehead atoms. The van der Waals surface area contributed by atoms with Gasteiger partial charge in [-0.1, -0.05) is 83.9 Å². The maximum absolute atomic E-state index is 12.8. The van der Waals surface area contributed by atoms with Gasteiger partial charge in [-0.05, 0) is 53.3 Å². The first kappa shape index (κ1) is 22.0. The van der Waals surface area contributed by atoms with Crippen molar-refractivity contribution in [3.63, 3.8) is 0 Å². The highest BCUT2D eigenvalue weighted by molar-refractivity contribution is 9.10. The van der Waals surface area contributed by atoms with Crippen LogP contribution in [0.25, 0.3) is 16.8 Å². The van der Waals surface area contributed by atoms with Crippen molar-refractivity contribution >= 4 is 21.8 Å². The van der Waals surface area contributed by atoms with Crippen LogP contribution in [0.1, 0.15) is 41.4 Å². The first-order valence-electron chi connectivity index (χ1n) is 10.9. The quantitative estimate of drug-likeness (QED) is 0.305. The third-order valence-electron chi connectivity index (χ3n) is 5.52. The van der Waals surface area contributed by atoms with Crippen LogP contribution in [0.5, 0.6) is 0 Å². The lowest BCUT2D eigenvalue weighted by Gasteiger charge is -2.11. The van der Waals surface area contributed by atoms with E-state index in [0.29, 0.717) is 12.2 Å². The van der Waals surface area contributed by atoms with E-state index in [9.17, 15) is 4.79 Å². The third-order valence-corrected chi connectivity index (χ3v) is 6.29. The van der Waals surface area contributed by atoms with Crippen molar-refractivity contribution in [3.8, 4) is 16.8 Å². The normalized spacial score (nSPS) is 10.8. The summed E-state index contributed by atoms with van der Waals surface area (Å²) in [7, 11) is 0. The molecule has 4 rings (SSSR count). The highest BCUT2D eigenvalue weighted by Gasteiger charge is 2.13. The van der Waals surface area contributed by atoms with Crippen LogP contribution in [0.15, 0.2) is 89.8 Å². The molecular formula is C27H26BrN3O. The highest BCUT2D eigenvalue weighted by Crippen LogP contribution is 2.23. The van der Waals surface area contributed by atoms with Crippen LogP contribution in [-0.2, 0) is 13.0 Å². The molecule has 0 atom stereocenters. The fourth-order valence-electron chi connectivity index (χ4n) is 3.64. The van der Waals surface area contributed by atoms with E-state index in [0.717, 1.165) is 27.7 Å². The summed E-state index contributed by atoms with van der Waals surface area (Å²) < 4.78 is 2.79. The highest BCUT2D eigenvalue weighted by atomic mass is 79.9. The van der Waals surface area contributed by atoms with Gasteiger partial charge in [-0.3, -0.25) is 9.36 Å². The Balaban J connectivity index is 1.46. The van der Waals surface area contributed by atoms with E-state index in [1.165, 1.54) is 24.0 Å². The van der Waals surface area contributed by atoms with Gasteiger partial charge in [0.1, 0.15) is 5.69 Å². The lowest BCUT2D eigenvalue weighted by molar-refractivity contribution is 0.0944. The average Bonchev–Trinajstić information content (AvgIpc) is 3.33. The molecule has 1 amide bonds. The van der Waals surface area contributed by atoms with Gasteiger partial charge in [-0.25, -0.2) is 4.98 Å². The zero-order valence-corrected chi connectivity index (χ0v) is 19.7. The molecule has 0 fully saturated rings. The van der Waals surface area contributed by atoms with Crippen LogP contribution < -0.4 is 5.32 Å². The molecule has 32 heavy (non-hydrogen) atoms. The zero-order valence-electron chi connectivity index (χ0n) is 18.1. The summed E-state index contributed by atoms with van der Waals surface area (Å²) >= 11 is 3.52. The first-order valence-corrected chi connectivity index (χ1v) is 11.7. The number of benzene rings is 3. The lowest BCUT2D eigenvalue weighted by Crippen LogP contribution is -2.25. The summed E-state index contributed by atoms with van der Waals surface area (Å²) in [5, 5.41) is 2.98. The second kappa shape index (κ2) is 10.4. The minimum Gasteiger partial charge on any atom is -0.347 e. The summed E-state index contributed by atoms with van der Waals surface area (Å²) in [5.74, 6) is -0.162. The molecule has 0 aliphatic heterocycles. The number of amides is 1. The number of carbonyl (C=O) groups is 1. The molecule has 162 valence electrons. The topological polar surface area (TPSA) is 46.9 Å². The summed E-state index contributed by atoms with van der Waals surface area (Å²) in [5.41, 5.74) is 6.15. The van der Waals surface area contributed by atoms with Gasteiger partial charge in [0.2, 0.25) is 0 Å². The van der Waals surface area contributed by atoms with Crippen LogP contribution in [0.4, 0.5) is 0 Å². The number of nitrogens with one attached hydrogen (secondary N) is 1. The SMILES string of the molecule is CCCCc1ccc(-c2ccc(-n3cncc3C(=O)NCc3ccccc3Br)cc2)cc1. The Hall–Kier alpha value is -3.18. The van der Waals surface area contributed by atoms with Crippen molar-refractivity contribution in [2.24, 2.45) is 0 Å². The molecule has 0 spiro atoms. The first-order chi connectivity index (χ1) is 15.7. The average molecular weight is 488 g/mol. The predicted molar refractivity (Wildman–Crippen MR) is 133 cm³/mol. The number of carbonyl (C=O) groups excluding carboxylic acids is 1. The van der Waals surface area contributed by atoms with E-state index < -0.39 is 0 Å². The number of aryl methyl sites for hydroxylation is 1. The van der Waals surface area contributed by atoms with Crippen molar-refractivity contribution in [2.45, 2.75) is 32.7 Å². The van der Waals surface area contributed by atoms with Gasteiger partial charge >= 0.3 is 0 Å². The molecule has 4 nitrogen and oxygen atoms in total. The number of hydrogen-bond acceptors (Lipinski definition) is 2. The Bertz CT molecular complexity index is 1180. The minimum atomic E-state index is -0.162. The van der Waals surface area contributed by atoms with Crippen molar-refractivity contribution < 1.29 is 4.79 Å². The molecule has 0 aliphatic carbocycles. The van der Waals surface area contributed by atoms with Crippen LogP contribution in [0, 0.1) is 0 Å². The van der Waals surface area contributed by atoms with Gasteiger partial charge in [0.25, 0.3) is 5.91 Å². The smallest absolute Gasteiger partial charge is 0.270 e. The number of nitrogens with zero attached hydrogens (tertiary/aromatic N) is 2. The number of unbranched alkanes of at least 4 members (excludes halogenated alkanes) is 1. The molecule has 0 saturated carbocycles. The Labute approximate surface area is 197 Å². The van der Waals surface area contributed by atoms with Gasteiger partial charge in [0.15, 0.2) is 0 Å². The largest absolute Gasteiger partial charge is 0.347 e. The second-order valence-electron chi connectivity index (χ2n) is 7.77. The predicted octanol–water partition coefficient (Wildman–Crippen LogP) is 6.57. The molecule has 4 aromatic rings. The Kier molecular flexibility index (Phi) is 7.17. The molecule has 0 aliphatic rings. The van der Waals surface area contributed by atoms with Gasteiger partial charge in [-0.15, -0.1) is 0 Å². The lowest BCUT2D eigenvalue weighted by atomic mass is 10.0. The fraction of sp³-hybridized carbons (Fsp3) is 0.185. The monoisotopic (exact) mass is 487 g/mol. The summed E-state index contributed by atoms with van der Waals surface area (Å²) in [4.78, 5) is 17.0. The van der Waals surface area contributed by atoms with Crippen LogP contribution in [-0.4, -0.2) is 15.5 Å². The van der Waals surface area contributed by atoms with Crippen LogP contribution in [0.3, 0.4) is 0 Å². The number of hydrogen-bond donors (Lipinski definition) is 1. The Morgan fingerprint density at radius 3 is 2.34 bits per heavy atom. The molecule has 1 heterocycles. The third kappa shape index (κ3) is 5.17. The van der Waals surface area contributed by atoms with Gasteiger partial charge in [0.05, 0.1) is 12.5 Å². The summed E-state index contributed by atoms with van der Waals surface area (Å²) in [6.07, 6.45) is 6.82. The Morgan fingerprint density at radius 2 is 1.66 bits per heavy atom. The second-order valence-corrected chi connectivity index (χ2v) is 8.62. The van der Waals surface area contributed by atoms with Crippen LogP contribution >= 0.6 is 15.9 Å². The summed E-state index contributed by atoms with van der Waals surface area (Å²) in [6, 6.07) is 24.8. The molecular weight excluding hydrogens is 462 g/mol.